The third kappa shape index (κ3) is 5.94. The van der Waals surface area contributed by atoms with Crippen molar-refractivity contribution in [2.24, 2.45) is 0 Å². The zero-order valence-electron chi connectivity index (χ0n) is 24.3. The number of carbonyl (C=O) groups excluding carboxylic acids is 2. The first-order chi connectivity index (χ1) is 19.5. The van der Waals surface area contributed by atoms with Crippen LogP contribution in [-0.2, 0) is 6.42 Å². The van der Waals surface area contributed by atoms with Crippen molar-refractivity contribution in [3.8, 4) is 0 Å². The average molecular weight is 578 g/mol. The van der Waals surface area contributed by atoms with E-state index in [2.05, 4.69) is 14.9 Å². The molecule has 0 N–H and O–H groups in total. The van der Waals surface area contributed by atoms with Crippen LogP contribution in [0.1, 0.15) is 82.5 Å². The summed E-state index contributed by atoms with van der Waals surface area (Å²) in [7, 11) is 1.88. The molecule has 1 aliphatic heterocycles. The van der Waals surface area contributed by atoms with Crippen LogP contribution in [-0.4, -0.2) is 63.8 Å². The molecule has 0 bridgehead atoms. The van der Waals surface area contributed by atoms with Crippen molar-refractivity contribution in [1.82, 2.24) is 19.8 Å². The number of benzene rings is 2. The maximum atomic E-state index is 14.0. The lowest BCUT2D eigenvalue weighted by molar-refractivity contribution is 0.0605. The van der Waals surface area contributed by atoms with E-state index in [1.807, 2.05) is 63.9 Å². The largest absolute Gasteiger partial charge is 0.356 e. The molecule has 9 heteroatoms. The topological polar surface area (TPSA) is 69.6 Å². The summed E-state index contributed by atoms with van der Waals surface area (Å²) >= 11 is 6.31. The highest BCUT2D eigenvalue weighted by Crippen LogP contribution is 2.39. The first-order valence-electron chi connectivity index (χ1n) is 14.3. The average Bonchev–Trinajstić information content (AvgIpc) is 3.35. The molecule has 7 nitrogen and oxygen atoms in total. The molecular formula is C32H37ClFN5O2. The van der Waals surface area contributed by atoms with Crippen molar-refractivity contribution in [3.05, 3.63) is 87.1 Å². The lowest BCUT2D eigenvalue weighted by Crippen LogP contribution is -2.46. The van der Waals surface area contributed by atoms with Gasteiger partial charge in [0, 0.05) is 49.5 Å². The number of hydrogen-bond acceptors (Lipinski definition) is 5. The van der Waals surface area contributed by atoms with Crippen LogP contribution in [0.3, 0.4) is 0 Å². The summed E-state index contributed by atoms with van der Waals surface area (Å²) in [6.45, 7) is 9.41. The molecule has 1 atom stereocenters. The smallest absolute Gasteiger partial charge is 0.256 e. The molecule has 2 amide bonds. The van der Waals surface area contributed by atoms with Crippen molar-refractivity contribution in [2.45, 2.75) is 71.5 Å². The van der Waals surface area contributed by atoms with Gasteiger partial charge >= 0.3 is 0 Å². The van der Waals surface area contributed by atoms with Crippen LogP contribution in [0.25, 0.3) is 0 Å². The van der Waals surface area contributed by atoms with Gasteiger partial charge in [0.1, 0.15) is 17.5 Å². The minimum atomic E-state index is -0.503. The Kier molecular flexibility index (Phi) is 8.32. The summed E-state index contributed by atoms with van der Waals surface area (Å²) in [5.74, 6) is 0.868. The van der Waals surface area contributed by atoms with Gasteiger partial charge in [0.25, 0.3) is 11.8 Å². The number of aryl methyl sites for hydroxylation is 3. The van der Waals surface area contributed by atoms with Gasteiger partial charge in [0.15, 0.2) is 0 Å². The molecule has 1 aliphatic carbocycles. The van der Waals surface area contributed by atoms with Crippen LogP contribution in [0.2, 0.25) is 5.02 Å². The number of nitrogens with zero attached hydrogens (tertiary/aromatic N) is 5. The number of rotatable bonds is 6. The molecule has 1 saturated heterocycles. The zero-order valence-corrected chi connectivity index (χ0v) is 25.1. The van der Waals surface area contributed by atoms with Crippen LogP contribution >= 0.6 is 11.6 Å². The molecule has 216 valence electrons. The maximum Gasteiger partial charge on any atom is 0.256 e. The summed E-state index contributed by atoms with van der Waals surface area (Å²) in [5.41, 5.74) is 3.82. The SMILES string of the molecule is Cc1cc(N2CCC(N(C)C(=O)c3ccc4c(c3)[C@H](N(C(=O)c3cc(F)ccc3Cl)C(C)C)CC4)CC2)nc(C)n1. The molecule has 3 aromatic rings. The third-order valence-corrected chi connectivity index (χ3v) is 8.66. The Morgan fingerprint density at radius 2 is 1.73 bits per heavy atom. The van der Waals surface area contributed by atoms with Crippen molar-refractivity contribution in [3.63, 3.8) is 0 Å². The Morgan fingerprint density at radius 1 is 1.00 bits per heavy atom. The fraction of sp³-hybridized carbons (Fsp3) is 0.438. The Morgan fingerprint density at radius 3 is 2.41 bits per heavy atom. The molecule has 2 aliphatic rings. The van der Waals surface area contributed by atoms with E-state index in [9.17, 15) is 14.0 Å². The molecule has 1 fully saturated rings. The standard InChI is InChI=1S/C32H37ClFN5O2/c1-19(2)39(32(41)27-18-24(34)9-10-28(27)33)29-11-8-22-6-7-23(17-26(22)29)31(40)37(5)25-12-14-38(15-13-25)30-16-20(3)35-21(4)36-30/h6-7,9-10,16-19,25,29H,8,11-15H2,1-5H3/t29-/m1/s1. The highest BCUT2D eigenvalue weighted by molar-refractivity contribution is 6.33. The molecule has 2 aromatic carbocycles. The number of aromatic nitrogens is 2. The third-order valence-electron chi connectivity index (χ3n) is 8.33. The summed E-state index contributed by atoms with van der Waals surface area (Å²) in [5, 5.41) is 0.224. The van der Waals surface area contributed by atoms with E-state index in [4.69, 9.17) is 11.6 Å². The monoisotopic (exact) mass is 577 g/mol. The van der Waals surface area contributed by atoms with E-state index in [1.165, 1.54) is 18.2 Å². The molecule has 0 saturated carbocycles. The molecule has 5 rings (SSSR count). The van der Waals surface area contributed by atoms with Crippen LogP contribution in [0.5, 0.6) is 0 Å². The summed E-state index contributed by atoms with van der Waals surface area (Å²) in [6, 6.07) is 11.5. The number of hydrogen-bond donors (Lipinski definition) is 0. The predicted octanol–water partition coefficient (Wildman–Crippen LogP) is 6.17. The van der Waals surface area contributed by atoms with Gasteiger partial charge < -0.3 is 14.7 Å². The second-order valence-corrected chi connectivity index (χ2v) is 11.9. The van der Waals surface area contributed by atoms with Gasteiger partial charge in [0.2, 0.25) is 0 Å². The lowest BCUT2D eigenvalue weighted by Gasteiger charge is -2.37. The number of amides is 2. The molecule has 2 heterocycles. The van der Waals surface area contributed by atoms with Gasteiger partial charge in [-0.05, 0) is 94.8 Å². The first kappa shape index (κ1) is 29.0. The fourth-order valence-electron chi connectivity index (χ4n) is 6.25. The molecule has 0 radical (unpaired) electrons. The van der Waals surface area contributed by atoms with Crippen LogP contribution < -0.4 is 4.90 Å². The van der Waals surface area contributed by atoms with Crippen molar-refractivity contribution in [1.29, 1.82) is 0 Å². The van der Waals surface area contributed by atoms with Crippen molar-refractivity contribution >= 4 is 29.2 Å². The fourth-order valence-corrected chi connectivity index (χ4v) is 6.45. The number of anilines is 1. The Labute approximate surface area is 246 Å². The number of piperidine rings is 1. The van der Waals surface area contributed by atoms with Gasteiger partial charge in [-0.25, -0.2) is 14.4 Å². The maximum absolute atomic E-state index is 14.0. The highest BCUT2D eigenvalue weighted by Gasteiger charge is 2.35. The Bertz CT molecular complexity index is 1450. The second kappa shape index (κ2) is 11.8. The quantitative estimate of drug-likeness (QED) is 0.351. The summed E-state index contributed by atoms with van der Waals surface area (Å²) < 4.78 is 14.0. The molecule has 0 unspecified atom stereocenters. The molecular weight excluding hydrogens is 541 g/mol. The van der Waals surface area contributed by atoms with E-state index < -0.39 is 5.82 Å². The highest BCUT2D eigenvalue weighted by atomic mass is 35.5. The predicted molar refractivity (Wildman–Crippen MR) is 159 cm³/mol. The molecule has 41 heavy (non-hydrogen) atoms. The van der Waals surface area contributed by atoms with Crippen LogP contribution in [0, 0.1) is 19.7 Å². The minimum Gasteiger partial charge on any atom is -0.356 e. The van der Waals surface area contributed by atoms with E-state index in [0.717, 1.165) is 67.2 Å². The number of halogens is 2. The normalized spacial score (nSPS) is 17.1. The van der Waals surface area contributed by atoms with E-state index in [-0.39, 0.29) is 40.5 Å². The summed E-state index contributed by atoms with van der Waals surface area (Å²) in [4.78, 5) is 42.2. The van der Waals surface area contributed by atoms with Gasteiger partial charge in [-0.3, -0.25) is 9.59 Å². The van der Waals surface area contributed by atoms with Crippen LogP contribution in [0.15, 0.2) is 42.5 Å². The summed E-state index contributed by atoms with van der Waals surface area (Å²) in [6.07, 6.45) is 3.24. The van der Waals surface area contributed by atoms with Crippen molar-refractivity contribution < 1.29 is 14.0 Å². The van der Waals surface area contributed by atoms with Gasteiger partial charge in [0.05, 0.1) is 16.6 Å². The number of carbonyl (C=O) groups is 2. The first-order valence-corrected chi connectivity index (χ1v) is 14.7. The van der Waals surface area contributed by atoms with E-state index in [1.54, 1.807) is 4.90 Å². The Hall–Kier alpha value is -3.52. The molecule has 0 spiro atoms. The Balaban J connectivity index is 1.32. The minimum absolute atomic E-state index is 0.0266. The van der Waals surface area contributed by atoms with Gasteiger partial charge in [-0.2, -0.15) is 0 Å². The zero-order chi connectivity index (χ0) is 29.4. The number of fused-ring (bicyclic) bond motifs is 1. The van der Waals surface area contributed by atoms with E-state index in [0.29, 0.717) is 5.56 Å². The van der Waals surface area contributed by atoms with Crippen LogP contribution in [0.4, 0.5) is 10.2 Å². The van der Waals surface area contributed by atoms with E-state index >= 15 is 0 Å². The lowest BCUT2D eigenvalue weighted by atomic mass is 9.99. The van der Waals surface area contributed by atoms with Gasteiger partial charge in [-0.1, -0.05) is 17.7 Å². The molecule has 1 aromatic heterocycles. The second-order valence-electron chi connectivity index (χ2n) is 11.4. The van der Waals surface area contributed by atoms with Gasteiger partial charge in [-0.15, -0.1) is 0 Å². The van der Waals surface area contributed by atoms with Crippen molar-refractivity contribution in [2.75, 3.05) is 25.0 Å².